The fourth-order valence-corrected chi connectivity index (χ4v) is 3.05. The summed E-state index contributed by atoms with van der Waals surface area (Å²) < 4.78 is 0. The van der Waals surface area contributed by atoms with E-state index in [2.05, 4.69) is 20.2 Å². The number of aryl methyl sites for hydroxylation is 1. The molecule has 1 aliphatic rings. The van der Waals surface area contributed by atoms with E-state index in [0.29, 0.717) is 16.1 Å². The molecule has 1 aliphatic heterocycles. The van der Waals surface area contributed by atoms with Gasteiger partial charge in [-0.05, 0) is 36.6 Å². The van der Waals surface area contributed by atoms with E-state index in [-0.39, 0.29) is 0 Å². The zero-order valence-corrected chi connectivity index (χ0v) is 13.9. The maximum Gasteiger partial charge on any atom is 0.225 e. The first kappa shape index (κ1) is 15.5. The highest BCUT2D eigenvalue weighted by molar-refractivity contribution is 6.35. The molecule has 22 heavy (non-hydrogen) atoms. The molecule has 0 bridgehead atoms. The molecular formula is C16H18Cl2N4. The van der Waals surface area contributed by atoms with Gasteiger partial charge in [0.15, 0.2) is 0 Å². The molecule has 0 spiro atoms. The van der Waals surface area contributed by atoms with Crippen LogP contribution in [-0.4, -0.2) is 29.1 Å². The molecule has 6 heteroatoms. The largest absolute Gasteiger partial charge is 0.339 e. The number of hydrogen-bond donors (Lipinski definition) is 1. The number of rotatable bonds is 4. The average molecular weight is 337 g/mol. The number of hydrogen-bond acceptors (Lipinski definition) is 4. The molecule has 1 aromatic heterocycles. The molecule has 2 aromatic rings. The summed E-state index contributed by atoms with van der Waals surface area (Å²) in [5.41, 5.74) is 2.14. The number of nitrogens with zero attached hydrogens (tertiary/aromatic N) is 3. The van der Waals surface area contributed by atoms with Crippen molar-refractivity contribution in [3.63, 3.8) is 0 Å². The lowest BCUT2D eigenvalue weighted by Crippen LogP contribution is -2.32. The van der Waals surface area contributed by atoms with Crippen molar-refractivity contribution in [3.8, 4) is 0 Å². The van der Waals surface area contributed by atoms with Crippen LogP contribution in [0.5, 0.6) is 0 Å². The predicted molar refractivity (Wildman–Crippen MR) is 90.7 cm³/mol. The van der Waals surface area contributed by atoms with Crippen LogP contribution in [0.25, 0.3) is 0 Å². The van der Waals surface area contributed by atoms with Crippen LogP contribution in [0.15, 0.2) is 30.6 Å². The fourth-order valence-electron chi connectivity index (χ4n) is 2.58. The monoisotopic (exact) mass is 336 g/mol. The van der Waals surface area contributed by atoms with Gasteiger partial charge in [0.1, 0.15) is 0 Å². The minimum atomic E-state index is 0.414. The second kappa shape index (κ2) is 6.82. The highest BCUT2D eigenvalue weighted by Gasteiger charge is 2.23. The van der Waals surface area contributed by atoms with Crippen molar-refractivity contribution in [2.24, 2.45) is 0 Å². The third kappa shape index (κ3) is 3.69. The minimum absolute atomic E-state index is 0.414. The van der Waals surface area contributed by atoms with Gasteiger partial charge < -0.3 is 10.2 Å². The van der Waals surface area contributed by atoms with Crippen LogP contribution in [0.2, 0.25) is 10.0 Å². The summed E-state index contributed by atoms with van der Waals surface area (Å²) in [6, 6.07) is 6.02. The predicted octanol–water partition coefficient (Wildman–Crippen LogP) is 3.46. The Kier molecular flexibility index (Phi) is 4.81. The van der Waals surface area contributed by atoms with E-state index in [1.165, 1.54) is 0 Å². The van der Waals surface area contributed by atoms with Crippen molar-refractivity contribution in [1.82, 2.24) is 15.3 Å². The smallest absolute Gasteiger partial charge is 0.225 e. The number of nitrogens with one attached hydrogen (secondary N) is 1. The van der Waals surface area contributed by atoms with Gasteiger partial charge in [0, 0.05) is 48.1 Å². The Balaban J connectivity index is 1.56. The lowest BCUT2D eigenvalue weighted by molar-refractivity contribution is 0.551. The average Bonchev–Trinajstić information content (AvgIpc) is 2.96. The van der Waals surface area contributed by atoms with Gasteiger partial charge >= 0.3 is 0 Å². The molecule has 3 rings (SSSR count). The van der Waals surface area contributed by atoms with Gasteiger partial charge in [0.2, 0.25) is 5.95 Å². The van der Waals surface area contributed by atoms with E-state index in [9.17, 15) is 0 Å². The topological polar surface area (TPSA) is 41.1 Å². The van der Waals surface area contributed by atoms with Crippen LogP contribution < -0.4 is 10.2 Å². The molecule has 1 atom stereocenters. The van der Waals surface area contributed by atoms with Gasteiger partial charge in [-0.25, -0.2) is 9.97 Å². The van der Waals surface area contributed by atoms with E-state index in [4.69, 9.17) is 23.2 Å². The summed E-state index contributed by atoms with van der Waals surface area (Å²) in [5, 5.41) is 4.91. The van der Waals surface area contributed by atoms with Crippen LogP contribution >= 0.6 is 23.2 Å². The summed E-state index contributed by atoms with van der Waals surface area (Å²) in [6.07, 6.45) is 4.79. The van der Waals surface area contributed by atoms with Gasteiger partial charge in [-0.1, -0.05) is 29.3 Å². The van der Waals surface area contributed by atoms with Gasteiger partial charge in [0.05, 0.1) is 0 Å². The van der Waals surface area contributed by atoms with Gasteiger partial charge in [-0.15, -0.1) is 0 Å². The standard InChI is InChI=1S/C16H18Cl2N4/c1-11-7-20-16(21-8-11)22-5-4-14(10-22)19-9-12-2-3-13(17)6-15(12)18/h2-3,6-8,14,19H,4-5,9-10H2,1H3/t14-/m0/s1. The fraction of sp³-hybridized carbons (Fsp3) is 0.375. The lowest BCUT2D eigenvalue weighted by Gasteiger charge is -2.17. The van der Waals surface area contributed by atoms with Crippen molar-refractivity contribution in [2.75, 3.05) is 18.0 Å². The van der Waals surface area contributed by atoms with E-state index in [1.807, 2.05) is 31.5 Å². The maximum atomic E-state index is 6.20. The Morgan fingerprint density at radius 3 is 2.77 bits per heavy atom. The third-order valence-electron chi connectivity index (χ3n) is 3.83. The Bertz CT molecular complexity index is 645. The van der Waals surface area contributed by atoms with Crippen LogP contribution in [0.3, 0.4) is 0 Å². The number of halogens is 2. The zero-order chi connectivity index (χ0) is 15.5. The van der Waals surface area contributed by atoms with Crippen molar-refractivity contribution in [1.29, 1.82) is 0 Å². The lowest BCUT2D eigenvalue weighted by atomic mass is 10.2. The van der Waals surface area contributed by atoms with Crippen molar-refractivity contribution < 1.29 is 0 Å². The summed E-state index contributed by atoms with van der Waals surface area (Å²) >= 11 is 12.1. The Labute approximate surface area is 140 Å². The summed E-state index contributed by atoms with van der Waals surface area (Å²) in [6.45, 7) is 4.61. The molecule has 0 saturated carbocycles. The Morgan fingerprint density at radius 1 is 1.27 bits per heavy atom. The van der Waals surface area contributed by atoms with Gasteiger partial charge in [0.25, 0.3) is 0 Å². The molecule has 1 aromatic carbocycles. The molecule has 116 valence electrons. The number of benzene rings is 1. The van der Waals surface area contributed by atoms with E-state index in [0.717, 1.165) is 43.1 Å². The summed E-state index contributed by atoms with van der Waals surface area (Å²) in [4.78, 5) is 11.0. The molecule has 1 saturated heterocycles. The highest BCUT2D eigenvalue weighted by Crippen LogP contribution is 2.22. The van der Waals surface area contributed by atoms with E-state index >= 15 is 0 Å². The molecule has 4 nitrogen and oxygen atoms in total. The molecule has 2 heterocycles. The minimum Gasteiger partial charge on any atom is -0.339 e. The van der Waals surface area contributed by atoms with E-state index in [1.54, 1.807) is 6.07 Å². The molecule has 1 N–H and O–H groups in total. The van der Waals surface area contributed by atoms with Crippen LogP contribution in [0.4, 0.5) is 5.95 Å². The SMILES string of the molecule is Cc1cnc(N2CC[C@H](NCc3ccc(Cl)cc3Cl)C2)nc1. The maximum absolute atomic E-state index is 6.20. The van der Waals surface area contributed by atoms with Crippen LogP contribution in [0.1, 0.15) is 17.5 Å². The molecule has 0 unspecified atom stereocenters. The summed E-state index contributed by atoms with van der Waals surface area (Å²) in [7, 11) is 0. The first-order valence-electron chi connectivity index (χ1n) is 7.33. The molecule has 0 radical (unpaired) electrons. The van der Waals surface area contributed by atoms with Crippen LogP contribution in [0, 0.1) is 6.92 Å². The first-order chi connectivity index (χ1) is 10.6. The highest BCUT2D eigenvalue weighted by atomic mass is 35.5. The molecule has 0 amide bonds. The zero-order valence-electron chi connectivity index (χ0n) is 12.4. The van der Waals surface area contributed by atoms with E-state index < -0.39 is 0 Å². The second-order valence-corrected chi connectivity index (χ2v) is 6.45. The molecular weight excluding hydrogens is 319 g/mol. The number of aromatic nitrogens is 2. The number of anilines is 1. The summed E-state index contributed by atoms with van der Waals surface area (Å²) in [5.74, 6) is 0.805. The second-order valence-electron chi connectivity index (χ2n) is 5.61. The Hall–Kier alpha value is -1.36. The van der Waals surface area contributed by atoms with Crippen molar-refractivity contribution in [3.05, 3.63) is 51.8 Å². The Morgan fingerprint density at radius 2 is 2.05 bits per heavy atom. The molecule has 1 fully saturated rings. The third-order valence-corrected chi connectivity index (χ3v) is 4.42. The van der Waals surface area contributed by atoms with Gasteiger partial charge in [-0.3, -0.25) is 0 Å². The quantitative estimate of drug-likeness (QED) is 0.928. The van der Waals surface area contributed by atoms with Gasteiger partial charge in [-0.2, -0.15) is 0 Å². The molecule has 0 aliphatic carbocycles. The van der Waals surface area contributed by atoms with Crippen molar-refractivity contribution in [2.45, 2.75) is 25.9 Å². The normalized spacial score (nSPS) is 18.0. The first-order valence-corrected chi connectivity index (χ1v) is 8.08. The van der Waals surface area contributed by atoms with Crippen LogP contribution in [-0.2, 0) is 6.54 Å². The van der Waals surface area contributed by atoms with Crippen molar-refractivity contribution >= 4 is 29.2 Å².